The maximum absolute atomic E-state index is 12.1. The summed E-state index contributed by atoms with van der Waals surface area (Å²) in [5.41, 5.74) is 0.931. The van der Waals surface area contributed by atoms with E-state index < -0.39 is 0 Å². The van der Waals surface area contributed by atoms with Gasteiger partial charge in [-0.3, -0.25) is 9.48 Å². The number of carbonyl (C=O) groups is 1. The number of carbonyl (C=O) groups excluding carboxylic acids is 1. The van der Waals surface area contributed by atoms with Crippen molar-refractivity contribution in [3.63, 3.8) is 0 Å². The van der Waals surface area contributed by atoms with Crippen LogP contribution in [0.1, 0.15) is 28.9 Å². The Labute approximate surface area is 127 Å². The van der Waals surface area contributed by atoms with Crippen LogP contribution in [0.4, 0.5) is 0 Å². The van der Waals surface area contributed by atoms with Crippen LogP contribution in [0.15, 0.2) is 18.6 Å². The monoisotopic (exact) mass is 306 g/mol. The van der Waals surface area contributed by atoms with Crippen LogP contribution in [0.5, 0.6) is 0 Å². The van der Waals surface area contributed by atoms with E-state index in [9.17, 15) is 4.79 Å². The van der Waals surface area contributed by atoms with Crippen molar-refractivity contribution in [2.75, 3.05) is 13.2 Å². The molecule has 1 fully saturated rings. The third kappa shape index (κ3) is 3.48. The maximum Gasteiger partial charge on any atom is 0.263 e. The van der Waals surface area contributed by atoms with E-state index in [2.05, 4.69) is 15.4 Å². The Bertz CT molecular complexity index is 616. The van der Waals surface area contributed by atoms with Crippen LogP contribution >= 0.6 is 11.3 Å². The molecule has 0 radical (unpaired) electrons. The predicted octanol–water partition coefficient (Wildman–Crippen LogP) is 1.84. The van der Waals surface area contributed by atoms with E-state index in [-0.39, 0.29) is 5.91 Å². The predicted molar refractivity (Wildman–Crippen MR) is 80.2 cm³/mol. The van der Waals surface area contributed by atoms with Crippen molar-refractivity contribution < 1.29 is 9.53 Å². The first-order valence-corrected chi connectivity index (χ1v) is 7.88. The SMILES string of the molecule is Cn1cc(-c2ncc(C(=O)NCC[C@@H]3CCCO3)s2)cn1. The first-order valence-electron chi connectivity index (χ1n) is 7.07. The second kappa shape index (κ2) is 6.36. The molecule has 0 bridgehead atoms. The van der Waals surface area contributed by atoms with Gasteiger partial charge in [0.25, 0.3) is 5.91 Å². The van der Waals surface area contributed by atoms with E-state index in [0.29, 0.717) is 17.5 Å². The first-order chi connectivity index (χ1) is 10.2. The van der Waals surface area contributed by atoms with Gasteiger partial charge in [0.05, 0.1) is 18.5 Å². The summed E-state index contributed by atoms with van der Waals surface area (Å²) in [6.07, 6.45) is 8.66. The van der Waals surface area contributed by atoms with Crippen LogP contribution in [-0.2, 0) is 11.8 Å². The molecule has 112 valence electrons. The molecule has 1 amide bonds. The van der Waals surface area contributed by atoms with Crippen molar-refractivity contribution in [3.8, 4) is 10.6 Å². The zero-order chi connectivity index (χ0) is 14.7. The summed E-state index contributed by atoms with van der Waals surface area (Å²) < 4.78 is 7.25. The number of hydrogen-bond acceptors (Lipinski definition) is 5. The number of rotatable bonds is 5. The Morgan fingerprint density at radius 1 is 1.57 bits per heavy atom. The summed E-state index contributed by atoms with van der Waals surface area (Å²) in [5.74, 6) is -0.0689. The van der Waals surface area contributed by atoms with Crippen molar-refractivity contribution >= 4 is 17.2 Å². The van der Waals surface area contributed by atoms with Gasteiger partial charge in [-0.25, -0.2) is 4.98 Å². The highest BCUT2D eigenvalue weighted by atomic mass is 32.1. The number of amides is 1. The quantitative estimate of drug-likeness (QED) is 0.915. The lowest BCUT2D eigenvalue weighted by Crippen LogP contribution is -2.26. The Kier molecular flexibility index (Phi) is 4.31. The van der Waals surface area contributed by atoms with Crippen molar-refractivity contribution in [2.24, 2.45) is 7.05 Å². The lowest BCUT2D eigenvalue weighted by Gasteiger charge is -2.09. The maximum atomic E-state index is 12.1. The molecule has 0 aromatic carbocycles. The highest BCUT2D eigenvalue weighted by Crippen LogP contribution is 2.24. The van der Waals surface area contributed by atoms with Crippen LogP contribution in [0, 0.1) is 0 Å². The molecule has 1 N–H and O–H groups in total. The molecular formula is C14H18N4O2S. The van der Waals surface area contributed by atoms with Gasteiger partial charge in [0.15, 0.2) is 0 Å². The van der Waals surface area contributed by atoms with E-state index in [1.54, 1.807) is 17.1 Å². The molecule has 3 rings (SSSR count). The standard InChI is InChI=1S/C14H18N4O2S/c1-18-9-10(7-17-18)14-16-8-12(21-14)13(19)15-5-4-11-3-2-6-20-11/h7-9,11H,2-6H2,1H3,(H,15,19)/t11-/m0/s1. The van der Waals surface area contributed by atoms with E-state index >= 15 is 0 Å². The largest absolute Gasteiger partial charge is 0.378 e. The Hall–Kier alpha value is -1.73. The number of aryl methyl sites for hydroxylation is 1. The smallest absolute Gasteiger partial charge is 0.263 e. The molecule has 7 heteroatoms. The molecular weight excluding hydrogens is 288 g/mol. The van der Waals surface area contributed by atoms with Gasteiger partial charge in [-0.2, -0.15) is 5.10 Å². The molecule has 1 aliphatic heterocycles. The fourth-order valence-corrected chi connectivity index (χ4v) is 3.16. The van der Waals surface area contributed by atoms with Gasteiger partial charge < -0.3 is 10.1 Å². The van der Waals surface area contributed by atoms with Gasteiger partial charge in [0.2, 0.25) is 0 Å². The molecule has 0 unspecified atom stereocenters. The average molecular weight is 306 g/mol. The highest BCUT2D eigenvalue weighted by Gasteiger charge is 2.16. The molecule has 1 aliphatic rings. The van der Waals surface area contributed by atoms with E-state index in [0.717, 1.165) is 36.4 Å². The molecule has 1 atom stereocenters. The van der Waals surface area contributed by atoms with Crippen LogP contribution in [0.25, 0.3) is 10.6 Å². The van der Waals surface area contributed by atoms with E-state index in [1.807, 2.05) is 13.2 Å². The Balaban J connectivity index is 1.54. The fraction of sp³-hybridized carbons (Fsp3) is 0.500. The van der Waals surface area contributed by atoms with Gasteiger partial charge in [-0.1, -0.05) is 0 Å². The third-order valence-electron chi connectivity index (χ3n) is 3.46. The topological polar surface area (TPSA) is 69.0 Å². The Morgan fingerprint density at radius 2 is 2.48 bits per heavy atom. The summed E-state index contributed by atoms with van der Waals surface area (Å²) >= 11 is 1.38. The summed E-state index contributed by atoms with van der Waals surface area (Å²) in [7, 11) is 1.86. The minimum absolute atomic E-state index is 0.0689. The number of nitrogens with zero attached hydrogens (tertiary/aromatic N) is 3. The van der Waals surface area contributed by atoms with Gasteiger partial charge in [-0.05, 0) is 19.3 Å². The molecule has 3 heterocycles. The number of hydrogen-bond donors (Lipinski definition) is 1. The number of thiazole rings is 1. The van der Waals surface area contributed by atoms with Gasteiger partial charge in [0, 0.05) is 32.0 Å². The molecule has 0 saturated carbocycles. The first kappa shape index (κ1) is 14.2. The van der Waals surface area contributed by atoms with Gasteiger partial charge in [0.1, 0.15) is 9.88 Å². The molecule has 21 heavy (non-hydrogen) atoms. The van der Waals surface area contributed by atoms with Gasteiger partial charge in [-0.15, -0.1) is 11.3 Å². The van der Waals surface area contributed by atoms with Gasteiger partial charge >= 0.3 is 0 Å². The molecule has 2 aromatic heterocycles. The third-order valence-corrected chi connectivity index (χ3v) is 4.50. The zero-order valence-electron chi connectivity index (χ0n) is 11.9. The highest BCUT2D eigenvalue weighted by molar-refractivity contribution is 7.16. The average Bonchev–Trinajstić information content (AvgIpc) is 3.19. The second-order valence-corrected chi connectivity index (χ2v) is 6.14. The number of nitrogens with one attached hydrogen (secondary N) is 1. The summed E-state index contributed by atoms with van der Waals surface area (Å²) in [6.45, 7) is 1.49. The zero-order valence-corrected chi connectivity index (χ0v) is 12.7. The molecule has 0 aliphatic carbocycles. The van der Waals surface area contributed by atoms with Crippen LogP contribution in [-0.4, -0.2) is 39.9 Å². The van der Waals surface area contributed by atoms with Crippen LogP contribution < -0.4 is 5.32 Å². The second-order valence-electron chi connectivity index (χ2n) is 5.11. The van der Waals surface area contributed by atoms with Crippen LogP contribution in [0.2, 0.25) is 0 Å². The summed E-state index contributed by atoms with van der Waals surface area (Å²) in [5, 5.41) is 7.85. The Morgan fingerprint density at radius 3 is 3.19 bits per heavy atom. The van der Waals surface area contributed by atoms with Crippen LogP contribution in [0.3, 0.4) is 0 Å². The normalized spacial score (nSPS) is 18.0. The summed E-state index contributed by atoms with van der Waals surface area (Å²) in [6, 6.07) is 0. The fourth-order valence-electron chi connectivity index (χ4n) is 2.35. The molecule has 0 spiro atoms. The lowest BCUT2D eigenvalue weighted by atomic mass is 10.2. The van der Waals surface area contributed by atoms with Crippen molar-refractivity contribution in [3.05, 3.63) is 23.5 Å². The lowest BCUT2D eigenvalue weighted by molar-refractivity contribution is 0.0910. The van der Waals surface area contributed by atoms with Crippen molar-refractivity contribution in [1.29, 1.82) is 0 Å². The molecule has 2 aromatic rings. The number of ether oxygens (including phenoxy) is 1. The van der Waals surface area contributed by atoms with Crippen molar-refractivity contribution in [1.82, 2.24) is 20.1 Å². The summed E-state index contributed by atoms with van der Waals surface area (Å²) in [4.78, 5) is 17.0. The number of aromatic nitrogens is 3. The molecule has 1 saturated heterocycles. The molecule has 6 nitrogen and oxygen atoms in total. The van der Waals surface area contributed by atoms with Crippen molar-refractivity contribution in [2.45, 2.75) is 25.4 Å². The van der Waals surface area contributed by atoms with E-state index in [1.165, 1.54) is 11.3 Å². The van der Waals surface area contributed by atoms with E-state index in [4.69, 9.17) is 4.74 Å². The minimum atomic E-state index is -0.0689. The minimum Gasteiger partial charge on any atom is -0.378 e.